The van der Waals surface area contributed by atoms with Crippen LogP contribution in [0.4, 0.5) is 19.1 Å². The number of nitro groups is 1. The van der Waals surface area contributed by atoms with Crippen molar-refractivity contribution in [3.05, 3.63) is 84.6 Å². The van der Waals surface area contributed by atoms with Crippen LogP contribution in [0.1, 0.15) is 23.1 Å². The summed E-state index contributed by atoms with van der Waals surface area (Å²) in [6, 6.07) is 8.78. The fraction of sp³-hybridized carbons (Fsp3) is 0.105. The topological polar surface area (TPSA) is 97.6 Å². The predicted octanol–water partition coefficient (Wildman–Crippen LogP) is 6.39. The van der Waals surface area contributed by atoms with Crippen molar-refractivity contribution in [1.82, 2.24) is 14.8 Å². The molecule has 0 unspecified atom stereocenters. The van der Waals surface area contributed by atoms with E-state index in [0.29, 0.717) is 0 Å². The molecule has 0 amide bonds. The van der Waals surface area contributed by atoms with E-state index in [4.69, 9.17) is 34.8 Å². The van der Waals surface area contributed by atoms with E-state index in [-0.39, 0.29) is 43.0 Å². The van der Waals surface area contributed by atoms with Crippen molar-refractivity contribution in [2.24, 2.45) is 0 Å². The van der Waals surface area contributed by atoms with E-state index in [1.54, 1.807) is 0 Å². The third-order valence-electron chi connectivity index (χ3n) is 4.15. The van der Waals surface area contributed by atoms with Gasteiger partial charge in [-0.15, -0.1) is 4.68 Å². The van der Waals surface area contributed by atoms with Crippen LogP contribution >= 0.6 is 34.8 Å². The monoisotopic (exact) mass is 501 g/mol. The molecule has 0 bridgehead atoms. The van der Waals surface area contributed by atoms with Crippen LogP contribution in [0.5, 0.6) is 0 Å². The summed E-state index contributed by atoms with van der Waals surface area (Å²) in [6.45, 7) is 0. The number of allylic oxidation sites excluding steroid dienone is 1. The fourth-order valence-corrected chi connectivity index (χ4v) is 3.45. The van der Waals surface area contributed by atoms with Crippen LogP contribution in [0.2, 0.25) is 15.1 Å². The molecule has 13 heteroatoms. The van der Waals surface area contributed by atoms with Crippen LogP contribution in [-0.2, 0) is 0 Å². The van der Waals surface area contributed by atoms with Crippen molar-refractivity contribution in [2.45, 2.75) is 12.6 Å². The molecular weight excluding hydrogens is 494 g/mol. The zero-order valence-electron chi connectivity index (χ0n) is 15.6. The summed E-state index contributed by atoms with van der Waals surface area (Å²) in [5.74, 6) is -0.725. The Kier molecular flexibility index (Phi) is 6.74. The normalized spacial score (nSPS) is 12.0. The van der Waals surface area contributed by atoms with Gasteiger partial charge in [-0.05, 0) is 40.3 Å². The molecule has 0 aliphatic heterocycles. The van der Waals surface area contributed by atoms with Gasteiger partial charge >= 0.3 is 12.1 Å². The van der Waals surface area contributed by atoms with Crippen molar-refractivity contribution < 1.29 is 18.1 Å². The summed E-state index contributed by atoms with van der Waals surface area (Å²) in [7, 11) is 0. The first-order valence-electron chi connectivity index (χ1n) is 8.53. The van der Waals surface area contributed by atoms with Gasteiger partial charge in [0.1, 0.15) is 0 Å². The Hall–Kier alpha value is -3.13. The Morgan fingerprint density at radius 3 is 2.44 bits per heavy atom. The molecule has 0 aliphatic rings. The van der Waals surface area contributed by atoms with Crippen LogP contribution in [-0.4, -0.2) is 25.9 Å². The molecule has 32 heavy (non-hydrogen) atoms. The van der Waals surface area contributed by atoms with Crippen molar-refractivity contribution >= 4 is 46.3 Å². The van der Waals surface area contributed by atoms with Gasteiger partial charge in [-0.25, -0.2) is 0 Å². The number of nitrogens with zero attached hydrogens (tertiary/aromatic N) is 5. The molecule has 0 N–H and O–H groups in total. The maximum Gasteiger partial charge on any atom is 0.491 e. The molecule has 164 valence electrons. The second-order valence-corrected chi connectivity index (χ2v) is 7.44. The summed E-state index contributed by atoms with van der Waals surface area (Å²) >= 11 is 18.1. The molecule has 0 atom stereocenters. The highest BCUT2D eigenvalue weighted by Crippen LogP contribution is 2.39. The number of aromatic nitrogens is 3. The van der Waals surface area contributed by atoms with E-state index in [2.05, 4.69) is 10.1 Å². The number of rotatable bonds is 5. The number of nitriles is 1. The third kappa shape index (κ3) is 5.02. The Morgan fingerprint density at radius 1 is 1.25 bits per heavy atom. The van der Waals surface area contributed by atoms with Gasteiger partial charge in [0.25, 0.3) is 0 Å². The Morgan fingerprint density at radius 2 is 1.91 bits per heavy atom. The third-order valence-corrected chi connectivity index (χ3v) is 5.35. The van der Waals surface area contributed by atoms with Crippen molar-refractivity contribution in [3.63, 3.8) is 0 Å². The lowest BCUT2D eigenvalue weighted by atomic mass is 9.91. The molecule has 0 fully saturated rings. The summed E-state index contributed by atoms with van der Waals surface area (Å²) in [6.07, 6.45) is -4.02. The maximum atomic E-state index is 13.1. The standard InChI is InChI=1S/C19H9Cl3F3N5O2/c20-13-6-11(7-14(21)17(13)22)12(4-5-19(23,24)25)16-10(8-26)2-1-3-15(16)29-9-27-18(28-29)30(31)32/h1-4,6-7,9H,5H2/b12-4+. The van der Waals surface area contributed by atoms with Gasteiger partial charge in [0, 0.05) is 10.7 Å². The van der Waals surface area contributed by atoms with Crippen LogP contribution in [0, 0.1) is 21.4 Å². The molecule has 0 radical (unpaired) electrons. The van der Waals surface area contributed by atoms with Crippen molar-refractivity contribution in [2.75, 3.05) is 0 Å². The van der Waals surface area contributed by atoms with E-state index in [0.717, 1.165) is 17.1 Å². The largest absolute Gasteiger partial charge is 0.491 e. The first kappa shape index (κ1) is 23.5. The van der Waals surface area contributed by atoms with E-state index < -0.39 is 23.5 Å². The van der Waals surface area contributed by atoms with E-state index in [1.807, 2.05) is 6.07 Å². The molecule has 3 aromatic rings. The molecule has 0 aliphatic carbocycles. The molecule has 3 rings (SSSR count). The van der Waals surface area contributed by atoms with Crippen LogP contribution in [0.25, 0.3) is 11.3 Å². The highest BCUT2D eigenvalue weighted by Gasteiger charge is 2.28. The van der Waals surface area contributed by atoms with Gasteiger partial charge in [-0.3, -0.25) is 0 Å². The highest BCUT2D eigenvalue weighted by molar-refractivity contribution is 6.48. The van der Waals surface area contributed by atoms with E-state index >= 15 is 0 Å². The predicted molar refractivity (Wildman–Crippen MR) is 112 cm³/mol. The minimum absolute atomic E-state index is 0.00736. The van der Waals surface area contributed by atoms with Crippen LogP contribution < -0.4 is 0 Å². The molecule has 1 aromatic heterocycles. The second kappa shape index (κ2) is 9.16. The average molecular weight is 503 g/mol. The lowest BCUT2D eigenvalue weighted by Gasteiger charge is -2.16. The molecule has 7 nitrogen and oxygen atoms in total. The van der Waals surface area contributed by atoms with Gasteiger partial charge in [0.2, 0.25) is 6.33 Å². The second-order valence-electron chi connectivity index (χ2n) is 6.25. The number of hydrogen-bond donors (Lipinski definition) is 0. The van der Waals surface area contributed by atoms with Crippen LogP contribution in [0.3, 0.4) is 0 Å². The summed E-state index contributed by atoms with van der Waals surface area (Å²) < 4.78 is 40.2. The smallest absolute Gasteiger partial charge is 0.390 e. The molecule has 2 aromatic carbocycles. The minimum Gasteiger partial charge on any atom is -0.390 e. The molecule has 1 heterocycles. The first-order chi connectivity index (χ1) is 15.0. The number of hydrogen-bond acceptors (Lipinski definition) is 5. The average Bonchev–Trinajstić information content (AvgIpc) is 3.21. The first-order valence-corrected chi connectivity index (χ1v) is 9.67. The van der Waals surface area contributed by atoms with Gasteiger partial charge in [0.15, 0.2) is 0 Å². The van der Waals surface area contributed by atoms with E-state index in [1.165, 1.54) is 30.3 Å². The molecule has 0 saturated carbocycles. The van der Waals surface area contributed by atoms with Crippen molar-refractivity contribution in [3.8, 4) is 11.8 Å². The van der Waals surface area contributed by atoms with Gasteiger partial charge in [0.05, 0.1) is 38.8 Å². The van der Waals surface area contributed by atoms with Gasteiger partial charge in [-0.2, -0.15) is 18.4 Å². The minimum atomic E-state index is -4.56. The van der Waals surface area contributed by atoms with E-state index in [9.17, 15) is 28.5 Å². The van der Waals surface area contributed by atoms with Gasteiger partial charge < -0.3 is 10.1 Å². The highest BCUT2D eigenvalue weighted by atomic mass is 35.5. The number of halogens is 6. The quantitative estimate of drug-likeness (QED) is 0.229. The Labute approximate surface area is 193 Å². The molecule has 0 saturated heterocycles. The summed E-state index contributed by atoms with van der Waals surface area (Å²) in [5, 5.41) is 24.3. The fourth-order valence-electron chi connectivity index (χ4n) is 2.85. The van der Waals surface area contributed by atoms with Gasteiger partial charge in [-0.1, -0.05) is 51.9 Å². The molecule has 0 spiro atoms. The summed E-state index contributed by atoms with van der Waals surface area (Å²) in [5.41, 5.74) is 0.186. The Bertz CT molecular complexity index is 1260. The lowest BCUT2D eigenvalue weighted by Crippen LogP contribution is -2.07. The van der Waals surface area contributed by atoms with Crippen molar-refractivity contribution in [1.29, 1.82) is 5.26 Å². The Balaban J connectivity index is 2.34. The number of benzene rings is 2. The van der Waals surface area contributed by atoms with Crippen LogP contribution in [0.15, 0.2) is 42.7 Å². The summed E-state index contributed by atoms with van der Waals surface area (Å²) in [4.78, 5) is 13.7. The maximum absolute atomic E-state index is 13.1. The lowest BCUT2D eigenvalue weighted by molar-refractivity contribution is -0.394. The SMILES string of the molecule is N#Cc1cccc(-n2cnc([N+](=O)[O-])n2)c1/C(=C/CC(F)(F)F)c1cc(Cl)c(Cl)c(Cl)c1. The zero-order valence-corrected chi connectivity index (χ0v) is 17.8. The number of alkyl halides is 3. The molecular formula is C19H9Cl3F3N5O2. The zero-order chi connectivity index (χ0) is 23.6.